The molecule has 2 aliphatic rings. The third-order valence-corrected chi connectivity index (χ3v) is 8.74. The summed E-state index contributed by atoms with van der Waals surface area (Å²) in [4.78, 5) is 47.7. The lowest BCUT2D eigenvalue weighted by Crippen LogP contribution is -2.52. The van der Waals surface area contributed by atoms with Crippen LogP contribution in [0.15, 0.2) is 24.3 Å². The summed E-state index contributed by atoms with van der Waals surface area (Å²) in [6.45, 7) is 4.45. The van der Waals surface area contributed by atoms with Gasteiger partial charge in [-0.25, -0.2) is 0 Å². The van der Waals surface area contributed by atoms with Crippen molar-refractivity contribution in [3.63, 3.8) is 0 Å². The van der Waals surface area contributed by atoms with Crippen molar-refractivity contribution < 1.29 is 33.1 Å². The van der Waals surface area contributed by atoms with Crippen LogP contribution in [0.4, 0.5) is 0 Å². The van der Waals surface area contributed by atoms with Gasteiger partial charge in [-0.15, -0.1) is 0 Å². The van der Waals surface area contributed by atoms with Crippen LogP contribution in [-0.2, 0) is 34.8 Å². The number of Topliss-reactive ketones (excluding diaryl/α,β-unsaturated/α-hetero) is 2. The Kier molecular flexibility index (Phi) is 10.4. The first-order valence-electron chi connectivity index (χ1n) is 12.8. The summed E-state index contributed by atoms with van der Waals surface area (Å²) in [7, 11) is -2.06. The van der Waals surface area contributed by atoms with Crippen LogP contribution in [0.3, 0.4) is 0 Å². The Labute approximate surface area is 213 Å². The molecule has 9 nitrogen and oxygen atoms in total. The molecule has 3 rings (SSSR count). The van der Waals surface area contributed by atoms with E-state index in [4.69, 9.17) is 9.26 Å². The Balaban J connectivity index is 1.41. The van der Waals surface area contributed by atoms with E-state index in [0.29, 0.717) is 26.2 Å². The SMILES string of the molecule is CC(=O)CCC(=O)NCCCCOCc1ccc(P(=O)(O)O[C@H]2CC3CCC([C@H]2C(C)=O)N3C)cc1. The summed E-state index contributed by atoms with van der Waals surface area (Å²) in [6, 6.07) is 7.01. The Hall–Kier alpha value is -1.90. The van der Waals surface area contributed by atoms with E-state index < -0.39 is 19.6 Å². The Morgan fingerprint density at radius 2 is 1.83 bits per heavy atom. The maximum atomic E-state index is 13.1. The van der Waals surface area contributed by atoms with Crippen LogP contribution >= 0.6 is 7.60 Å². The number of carbonyl (C=O) groups excluding carboxylic acids is 3. The van der Waals surface area contributed by atoms with Crippen LogP contribution in [0.1, 0.15) is 64.4 Å². The second-order valence-electron chi connectivity index (χ2n) is 9.98. The first-order chi connectivity index (χ1) is 17.1. The number of ketones is 2. The van der Waals surface area contributed by atoms with E-state index in [2.05, 4.69) is 10.2 Å². The van der Waals surface area contributed by atoms with Gasteiger partial charge in [0, 0.05) is 38.1 Å². The largest absolute Gasteiger partial charge is 0.377 e. The third kappa shape index (κ3) is 7.80. The lowest BCUT2D eigenvalue weighted by atomic mass is 9.85. The number of piperidine rings is 1. The molecule has 0 saturated carbocycles. The third-order valence-electron chi connectivity index (χ3n) is 7.23. The Morgan fingerprint density at radius 1 is 1.11 bits per heavy atom. The zero-order chi connectivity index (χ0) is 26.3. The second-order valence-corrected chi connectivity index (χ2v) is 11.7. The number of nitrogens with zero attached hydrogens (tertiary/aromatic N) is 1. The fraction of sp³-hybridized carbons (Fsp3) is 0.654. The standard InChI is InChI=1S/C26H39N2O7P/c1-18(29)6-13-25(31)27-14-4-5-15-34-17-20-7-10-22(11-8-20)36(32,33)35-24-16-21-9-12-23(28(21)3)26(24)19(2)30/h7-8,10-11,21,23-24,26H,4-6,9,12-17H2,1-3H3,(H,27,31)(H,32,33)/t21?,23?,24-,26+/m0/s1. The highest BCUT2D eigenvalue weighted by atomic mass is 31.2. The van der Waals surface area contributed by atoms with E-state index in [1.165, 1.54) is 13.8 Å². The van der Waals surface area contributed by atoms with Gasteiger partial charge in [0.2, 0.25) is 5.91 Å². The summed E-state index contributed by atoms with van der Waals surface area (Å²) < 4.78 is 24.5. The highest BCUT2D eigenvalue weighted by Gasteiger charge is 2.49. The highest BCUT2D eigenvalue weighted by molar-refractivity contribution is 7.61. The van der Waals surface area contributed by atoms with Crippen molar-refractivity contribution in [1.29, 1.82) is 0 Å². The maximum Gasteiger partial charge on any atom is 0.359 e. The van der Waals surface area contributed by atoms with E-state index in [1.807, 2.05) is 7.05 Å². The molecule has 0 aliphatic carbocycles. The van der Waals surface area contributed by atoms with Crippen LogP contribution in [0.2, 0.25) is 0 Å². The van der Waals surface area contributed by atoms with E-state index in [0.717, 1.165) is 31.2 Å². The van der Waals surface area contributed by atoms with Gasteiger partial charge in [0.25, 0.3) is 0 Å². The van der Waals surface area contributed by atoms with E-state index in [-0.39, 0.29) is 47.7 Å². The molecule has 0 radical (unpaired) electrons. The number of ether oxygens (including phenoxy) is 1. The summed E-state index contributed by atoms with van der Waals surface area (Å²) in [5, 5.41) is 2.99. The van der Waals surface area contributed by atoms with Crippen molar-refractivity contribution in [1.82, 2.24) is 10.2 Å². The molecule has 1 aromatic carbocycles. The van der Waals surface area contributed by atoms with Crippen LogP contribution in [0, 0.1) is 5.92 Å². The van der Waals surface area contributed by atoms with Crippen LogP contribution in [0.25, 0.3) is 0 Å². The van der Waals surface area contributed by atoms with Crippen LogP contribution in [-0.4, -0.2) is 65.7 Å². The molecule has 10 heteroatoms. The van der Waals surface area contributed by atoms with Gasteiger partial charge < -0.3 is 24.3 Å². The normalized spacial score (nSPS) is 25.3. The van der Waals surface area contributed by atoms with Crippen molar-refractivity contribution in [2.75, 3.05) is 20.2 Å². The molecule has 200 valence electrons. The highest BCUT2D eigenvalue weighted by Crippen LogP contribution is 2.49. The zero-order valence-electron chi connectivity index (χ0n) is 21.5. The number of hydrogen-bond acceptors (Lipinski definition) is 7. The lowest BCUT2D eigenvalue weighted by molar-refractivity contribution is -0.129. The van der Waals surface area contributed by atoms with E-state index in [9.17, 15) is 23.8 Å². The van der Waals surface area contributed by atoms with Crippen LogP contribution < -0.4 is 10.6 Å². The van der Waals surface area contributed by atoms with Gasteiger partial charge in [-0.05, 0) is 70.7 Å². The molecule has 2 fully saturated rings. The molecule has 2 saturated heterocycles. The van der Waals surface area contributed by atoms with Crippen molar-refractivity contribution in [3.05, 3.63) is 29.8 Å². The average Bonchev–Trinajstić information content (AvgIpc) is 3.05. The summed E-state index contributed by atoms with van der Waals surface area (Å²) in [6.07, 6.45) is 3.95. The molecule has 5 atom stereocenters. The van der Waals surface area contributed by atoms with Gasteiger partial charge in [-0.2, -0.15) is 0 Å². The van der Waals surface area contributed by atoms with Gasteiger partial charge in [0.15, 0.2) is 0 Å². The predicted molar refractivity (Wildman–Crippen MR) is 136 cm³/mol. The van der Waals surface area contributed by atoms with E-state index in [1.54, 1.807) is 24.3 Å². The minimum absolute atomic E-state index is 0.0000548. The predicted octanol–water partition coefficient (Wildman–Crippen LogP) is 2.74. The molecule has 1 amide bonds. The first kappa shape index (κ1) is 28.7. The summed E-state index contributed by atoms with van der Waals surface area (Å²) in [5.41, 5.74) is 0.871. The Morgan fingerprint density at radius 3 is 2.50 bits per heavy atom. The van der Waals surface area contributed by atoms with Gasteiger partial charge in [0.05, 0.1) is 23.9 Å². The van der Waals surface area contributed by atoms with Gasteiger partial charge in [0.1, 0.15) is 11.6 Å². The number of fused-ring (bicyclic) bond motifs is 2. The number of benzene rings is 1. The van der Waals surface area contributed by atoms with Crippen molar-refractivity contribution >= 4 is 30.4 Å². The van der Waals surface area contributed by atoms with E-state index >= 15 is 0 Å². The quantitative estimate of drug-likeness (QED) is 0.283. The molecule has 2 heterocycles. The topological polar surface area (TPSA) is 122 Å². The fourth-order valence-corrected chi connectivity index (χ4v) is 6.44. The molecular weight excluding hydrogens is 483 g/mol. The molecule has 1 aromatic rings. The van der Waals surface area contributed by atoms with Crippen molar-refractivity contribution in [2.45, 2.75) is 83.6 Å². The Bertz CT molecular complexity index is 968. The number of hydrogen-bond donors (Lipinski definition) is 2. The summed E-state index contributed by atoms with van der Waals surface area (Å²) in [5.74, 6) is -0.501. The first-order valence-corrected chi connectivity index (χ1v) is 14.3. The minimum Gasteiger partial charge on any atom is -0.377 e. The van der Waals surface area contributed by atoms with Gasteiger partial charge in [-0.1, -0.05) is 12.1 Å². The molecule has 36 heavy (non-hydrogen) atoms. The molecule has 0 spiro atoms. The molecule has 2 bridgehead atoms. The van der Waals surface area contributed by atoms with Crippen LogP contribution in [0.5, 0.6) is 0 Å². The molecular formula is C26H39N2O7P. The average molecular weight is 523 g/mol. The van der Waals surface area contributed by atoms with Crippen molar-refractivity contribution in [3.8, 4) is 0 Å². The van der Waals surface area contributed by atoms with Gasteiger partial charge >= 0.3 is 7.60 Å². The fourth-order valence-electron chi connectivity index (χ4n) is 5.21. The maximum absolute atomic E-state index is 13.1. The smallest absolute Gasteiger partial charge is 0.359 e. The molecule has 2 aliphatic heterocycles. The molecule has 3 unspecified atom stereocenters. The number of amides is 1. The monoisotopic (exact) mass is 522 g/mol. The number of carbonyl (C=O) groups is 3. The molecule has 0 aromatic heterocycles. The van der Waals surface area contributed by atoms with Crippen molar-refractivity contribution in [2.24, 2.45) is 5.92 Å². The zero-order valence-corrected chi connectivity index (χ0v) is 22.4. The summed E-state index contributed by atoms with van der Waals surface area (Å²) >= 11 is 0. The number of unbranched alkanes of at least 4 members (excludes halogenated alkanes) is 1. The number of rotatable bonds is 14. The lowest BCUT2D eigenvalue weighted by Gasteiger charge is -2.41. The second kappa shape index (κ2) is 13.1. The molecule has 2 N–H and O–H groups in total. The minimum atomic E-state index is -4.08. The number of nitrogens with one attached hydrogen (secondary N) is 1. The van der Waals surface area contributed by atoms with Gasteiger partial charge in [-0.3, -0.25) is 19.1 Å².